The molecule has 1 fully saturated rings. The minimum atomic E-state index is 0.0136. The molecule has 3 aliphatic heterocycles. The summed E-state index contributed by atoms with van der Waals surface area (Å²) in [6.07, 6.45) is 1.04. The predicted octanol–water partition coefficient (Wildman–Crippen LogP) is 1.84. The second kappa shape index (κ2) is 5.37. The molecule has 0 aliphatic carbocycles. The lowest BCUT2D eigenvalue weighted by Crippen LogP contribution is -2.49. The average Bonchev–Trinajstić information content (AvgIpc) is 3.09. The number of hydrogen-bond donors (Lipinski definition) is 0. The van der Waals surface area contributed by atoms with Gasteiger partial charge in [0.15, 0.2) is 11.5 Å². The van der Waals surface area contributed by atoms with Gasteiger partial charge in [-0.15, -0.1) is 0 Å². The summed E-state index contributed by atoms with van der Waals surface area (Å²) in [6, 6.07) is 10.8. The third kappa shape index (κ3) is 2.32. The molecule has 1 saturated heterocycles. The molecule has 2 aromatic rings. The van der Waals surface area contributed by atoms with Crippen molar-refractivity contribution in [3.8, 4) is 11.5 Å². The first kappa shape index (κ1) is 14.6. The molecule has 0 N–H and O–H groups in total. The largest absolute Gasteiger partial charge is 0.454 e. The number of piperidine rings is 1. The van der Waals surface area contributed by atoms with Gasteiger partial charge in [0, 0.05) is 42.9 Å². The van der Waals surface area contributed by atoms with E-state index in [9.17, 15) is 9.59 Å². The lowest BCUT2D eigenvalue weighted by molar-refractivity contribution is 0.0594. The van der Waals surface area contributed by atoms with Gasteiger partial charge in [0.25, 0.3) is 11.5 Å². The van der Waals surface area contributed by atoms with Crippen LogP contribution in [-0.2, 0) is 6.54 Å². The van der Waals surface area contributed by atoms with Crippen LogP contribution in [0.25, 0.3) is 0 Å². The lowest BCUT2D eigenvalue weighted by Gasteiger charge is -2.42. The molecule has 0 saturated carbocycles. The summed E-state index contributed by atoms with van der Waals surface area (Å²) >= 11 is 0. The number of carbonyl (C=O) groups excluding carboxylic acids is 1. The molecule has 6 heteroatoms. The molecule has 0 unspecified atom stereocenters. The smallest absolute Gasteiger partial charge is 0.254 e. The topological polar surface area (TPSA) is 60.8 Å². The summed E-state index contributed by atoms with van der Waals surface area (Å²) in [5.41, 5.74) is 1.73. The van der Waals surface area contributed by atoms with Crippen molar-refractivity contribution in [2.45, 2.75) is 18.9 Å². The van der Waals surface area contributed by atoms with Gasteiger partial charge in [-0.25, -0.2) is 0 Å². The third-order valence-corrected chi connectivity index (χ3v) is 5.39. The van der Waals surface area contributed by atoms with Crippen molar-refractivity contribution in [1.29, 1.82) is 0 Å². The van der Waals surface area contributed by atoms with Crippen molar-refractivity contribution in [1.82, 2.24) is 9.47 Å². The highest BCUT2D eigenvalue weighted by molar-refractivity contribution is 5.95. The summed E-state index contributed by atoms with van der Waals surface area (Å²) < 4.78 is 12.6. The van der Waals surface area contributed by atoms with E-state index in [0.29, 0.717) is 42.6 Å². The van der Waals surface area contributed by atoms with Crippen LogP contribution < -0.4 is 15.0 Å². The molecular weight excluding hydrogens is 320 g/mol. The molecule has 4 heterocycles. The minimum Gasteiger partial charge on any atom is -0.454 e. The van der Waals surface area contributed by atoms with E-state index in [0.717, 1.165) is 12.1 Å². The van der Waals surface area contributed by atoms with E-state index in [1.54, 1.807) is 24.3 Å². The van der Waals surface area contributed by atoms with Crippen molar-refractivity contribution in [2.24, 2.45) is 5.92 Å². The van der Waals surface area contributed by atoms with Crippen LogP contribution in [0.3, 0.4) is 0 Å². The number of amides is 1. The zero-order chi connectivity index (χ0) is 17.0. The molecule has 128 valence electrons. The Morgan fingerprint density at radius 1 is 1.04 bits per heavy atom. The number of ether oxygens (including phenoxy) is 2. The first-order valence-electron chi connectivity index (χ1n) is 8.58. The summed E-state index contributed by atoms with van der Waals surface area (Å²) in [5.74, 6) is 1.86. The van der Waals surface area contributed by atoms with Gasteiger partial charge in [0.1, 0.15) is 0 Å². The molecule has 25 heavy (non-hydrogen) atoms. The molecule has 2 atom stereocenters. The normalized spacial score (nSPS) is 23.3. The molecular formula is C19H18N2O4. The summed E-state index contributed by atoms with van der Waals surface area (Å²) in [6.45, 7) is 2.22. The standard InChI is InChI=1S/C19H18N2O4/c22-18-3-1-2-15-14-6-12(9-21(15)18)8-20(10-14)19(23)13-4-5-16-17(7-13)25-11-24-16/h1-5,7,12,14H,6,8-11H2/t12-,14-/m1/s1. The Hall–Kier alpha value is -2.76. The summed E-state index contributed by atoms with van der Waals surface area (Å²) in [5, 5.41) is 0. The molecule has 1 aromatic heterocycles. The van der Waals surface area contributed by atoms with Crippen molar-refractivity contribution < 1.29 is 14.3 Å². The molecule has 0 radical (unpaired) electrons. The van der Waals surface area contributed by atoms with Crippen LogP contribution in [-0.4, -0.2) is 35.3 Å². The zero-order valence-corrected chi connectivity index (χ0v) is 13.7. The molecule has 6 nitrogen and oxygen atoms in total. The molecule has 1 amide bonds. The monoisotopic (exact) mass is 338 g/mol. The number of rotatable bonds is 1. The van der Waals surface area contributed by atoms with Crippen molar-refractivity contribution in [3.63, 3.8) is 0 Å². The van der Waals surface area contributed by atoms with E-state index in [1.165, 1.54) is 0 Å². The van der Waals surface area contributed by atoms with Gasteiger partial charge >= 0.3 is 0 Å². The molecule has 0 spiro atoms. The Morgan fingerprint density at radius 3 is 2.84 bits per heavy atom. The Kier molecular flexibility index (Phi) is 3.13. The number of pyridine rings is 1. The van der Waals surface area contributed by atoms with Gasteiger partial charge in [-0.1, -0.05) is 6.07 Å². The van der Waals surface area contributed by atoms with E-state index < -0.39 is 0 Å². The van der Waals surface area contributed by atoms with Crippen molar-refractivity contribution >= 4 is 5.91 Å². The van der Waals surface area contributed by atoms with Gasteiger partial charge in [0.2, 0.25) is 6.79 Å². The number of carbonyl (C=O) groups is 1. The zero-order valence-electron chi connectivity index (χ0n) is 13.7. The SMILES string of the molecule is O=C(c1ccc2c(c1)OCO2)N1C[C@H]2C[C@H](C1)c1cccc(=O)n1C2. The van der Waals surface area contributed by atoms with Gasteiger partial charge in [-0.3, -0.25) is 9.59 Å². The number of aromatic nitrogens is 1. The van der Waals surface area contributed by atoms with Crippen LogP contribution in [0.15, 0.2) is 41.2 Å². The maximum atomic E-state index is 13.0. The van der Waals surface area contributed by atoms with E-state index in [1.807, 2.05) is 21.6 Å². The van der Waals surface area contributed by atoms with Crippen LogP contribution in [0.4, 0.5) is 0 Å². The van der Waals surface area contributed by atoms with Crippen LogP contribution in [0.2, 0.25) is 0 Å². The number of hydrogen-bond acceptors (Lipinski definition) is 4. The Morgan fingerprint density at radius 2 is 1.92 bits per heavy atom. The van der Waals surface area contributed by atoms with E-state index in [-0.39, 0.29) is 24.2 Å². The third-order valence-electron chi connectivity index (χ3n) is 5.39. The number of likely N-dealkylation sites (tertiary alicyclic amines) is 1. The molecule has 5 rings (SSSR count). The second-order valence-electron chi connectivity index (χ2n) is 6.98. The van der Waals surface area contributed by atoms with E-state index in [2.05, 4.69) is 0 Å². The van der Waals surface area contributed by atoms with Gasteiger partial charge in [-0.05, 0) is 36.6 Å². The van der Waals surface area contributed by atoms with E-state index >= 15 is 0 Å². The Balaban J connectivity index is 1.43. The maximum Gasteiger partial charge on any atom is 0.254 e. The first-order valence-corrected chi connectivity index (χ1v) is 8.58. The second-order valence-corrected chi connectivity index (χ2v) is 6.98. The predicted molar refractivity (Wildman–Crippen MR) is 90.0 cm³/mol. The van der Waals surface area contributed by atoms with Crippen molar-refractivity contribution in [2.75, 3.05) is 19.9 Å². The highest BCUT2D eigenvalue weighted by Gasteiger charge is 2.36. The highest BCUT2D eigenvalue weighted by atomic mass is 16.7. The Bertz CT molecular complexity index is 920. The number of fused-ring (bicyclic) bond motifs is 5. The van der Waals surface area contributed by atoms with E-state index in [4.69, 9.17) is 9.47 Å². The quantitative estimate of drug-likeness (QED) is 0.796. The minimum absolute atomic E-state index is 0.0136. The number of nitrogens with zero attached hydrogens (tertiary/aromatic N) is 2. The average molecular weight is 338 g/mol. The fraction of sp³-hybridized carbons (Fsp3) is 0.368. The highest BCUT2D eigenvalue weighted by Crippen LogP contribution is 2.37. The van der Waals surface area contributed by atoms with Crippen LogP contribution in [0.5, 0.6) is 11.5 Å². The lowest BCUT2D eigenvalue weighted by atomic mass is 9.83. The van der Waals surface area contributed by atoms with Crippen LogP contribution in [0, 0.1) is 5.92 Å². The van der Waals surface area contributed by atoms with Gasteiger partial charge < -0.3 is 18.9 Å². The van der Waals surface area contributed by atoms with Gasteiger partial charge in [-0.2, -0.15) is 0 Å². The maximum absolute atomic E-state index is 13.0. The van der Waals surface area contributed by atoms with Crippen LogP contribution in [0.1, 0.15) is 28.4 Å². The summed E-state index contributed by atoms with van der Waals surface area (Å²) in [7, 11) is 0. The first-order chi connectivity index (χ1) is 12.2. The van der Waals surface area contributed by atoms with Gasteiger partial charge in [0.05, 0.1) is 0 Å². The fourth-order valence-corrected chi connectivity index (χ4v) is 4.27. The fourth-order valence-electron chi connectivity index (χ4n) is 4.27. The summed E-state index contributed by atoms with van der Waals surface area (Å²) in [4.78, 5) is 27.0. The molecule has 1 aromatic carbocycles. The van der Waals surface area contributed by atoms with Crippen LogP contribution >= 0.6 is 0 Å². The molecule has 2 bridgehead atoms. The number of benzene rings is 1. The molecule has 3 aliphatic rings. The van der Waals surface area contributed by atoms with Crippen molar-refractivity contribution in [3.05, 3.63) is 58.0 Å². The Labute approximate surface area is 144 Å².